The molecule has 1 aliphatic heterocycles. The first-order valence-electron chi connectivity index (χ1n) is 11.8. The van der Waals surface area contributed by atoms with Gasteiger partial charge in [0.15, 0.2) is 0 Å². The highest BCUT2D eigenvalue weighted by Crippen LogP contribution is 2.11. The van der Waals surface area contributed by atoms with Crippen molar-refractivity contribution in [3.05, 3.63) is 65.7 Å². The fourth-order valence-corrected chi connectivity index (χ4v) is 3.49. The summed E-state index contributed by atoms with van der Waals surface area (Å²) < 4.78 is 21.3. The summed E-state index contributed by atoms with van der Waals surface area (Å²) in [5.74, 6) is -1.66. The Hall–Kier alpha value is -3.86. The average molecular weight is 510 g/mol. The molecule has 1 aliphatic rings. The summed E-state index contributed by atoms with van der Waals surface area (Å²) in [5.41, 5.74) is 1.21. The van der Waals surface area contributed by atoms with Crippen molar-refractivity contribution in [1.82, 2.24) is 10.2 Å². The van der Waals surface area contributed by atoms with Gasteiger partial charge in [-0.2, -0.15) is 0 Å². The van der Waals surface area contributed by atoms with Gasteiger partial charge < -0.3 is 24.1 Å². The summed E-state index contributed by atoms with van der Waals surface area (Å²) in [6.45, 7) is 5.15. The van der Waals surface area contributed by atoms with Gasteiger partial charge in [0.25, 0.3) is 0 Å². The maximum absolute atomic E-state index is 12.9. The molecule has 2 aromatic rings. The molecule has 196 valence electrons. The molecular formula is C26H31BN2O8. The minimum atomic E-state index is -1.17. The number of ether oxygens (including phenoxy) is 2. The predicted octanol–water partition coefficient (Wildman–Crippen LogP) is 1.59. The van der Waals surface area contributed by atoms with Crippen molar-refractivity contribution >= 4 is 36.6 Å². The van der Waals surface area contributed by atoms with Crippen LogP contribution in [0.4, 0.5) is 4.79 Å². The fourth-order valence-electron chi connectivity index (χ4n) is 3.49. The van der Waals surface area contributed by atoms with Crippen molar-refractivity contribution in [2.75, 3.05) is 20.1 Å². The summed E-state index contributed by atoms with van der Waals surface area (Å²) in [7, 11) is 0.443. The molecule has 2 aromatic carbocycles. The molecule has 0 bridgehead atoms. The molecule has 0 aliphatic carbocycles. The van der Waals surface area contributed by atoms with E-state index in [-0.39, 0.29) is 26.1 Å². The van der Waals surface area contributed by atoms with E-state index in [1.54, 1.807) is 52.1 Å². The van der Waals surface area contributed by atoms with Crippen molar-refractivity contribution in [2.24, 2.45) is 0 Å². The van der Waals surface area contributed by atoms with Crippen molar-refractivity contribution in [3.63, 3.8) is 0 Å². The maximum atomic E-state index is 12.9. The second-order valence-electron chi connectivity index (χ2n) is 9.72. The van der Waals surface area contributed by atoms with Gasteiger partial charge in [-0.05, 0) is 38.9 Å². The van der Waals surface area contributed by atoms with Gasteiger partial charge in [0.1, 0.15) is 18.2 Å². The third-order valence-electron chi connectivity index (χ3n) is 5.17. The third kappa shape index (κ3) is 9.27. The van der Waals surface area contributed by atoms with Crippen molar-refractivity contribution in [3.8, 4) is 0 Å². The zero-order valence-corrected chi connectivity index (χ0v) is 21.4. The van der Waals surface area contributed by atoms with Crippen LogP contribution in [-0.4, -0.2) is 67.8 Å². The topological polar surface area (TPSA) is 120 Å². The minimum absolute atomic E-state index is 0.0349. The Kier molecular flexibility index (Phi) is 9.29. The van der Waals surface area contributed by atoms with Crippen LogP contribution in [-0.2, 0) is 46.2 Å². The van der Waals surface area contributed by atoms with E-state index in [9.17, 15) is 19.2 Å². The van der Waals surface area contributed by atoms with Crippen molar-refractivity contribution in [2.45, 2.75) is 45.4 Å². The molecule has 0 aromatic heterocycles. The number of carbonyl (C=O) groups is 4. The summed E-state index contributed by atoms with van der Waals surface area (Å²) in [6, 6.07) is 14.8. The quantitative estimate of drug-likeness (QED) is 0.437. The van der Waals surface area contributed by atoms with Crippen LogP contribution >= 0.6 is 0 Å². The van der Waals surface area contributed by atoms with Crippen LogP contribution in [0.25, 0.3) is 0 Å². The van der Waals surface area contributed by atoms with Gasteiger partial charge in [-0.15, -0.1) is 0 Å². The number of carbonyl (C=O) groups excluding carboxylic acids is 4. The fraction of sp³-hybridized carbons (Fsp3) is 0.385. The molecule has 1 N–H and O–H groups in total. The molecule has 0 radical (unpaired) electrons. The second-order valence-corrected chi connectivity index (χ2v) is 9.72. The van der Waals surface area contributed by atoms with E-state index in [4.69, 9.17) is 18.8 Å². The predicted molar refractivity (Wildman–Crippen MR) is 135 cm³/mol. The zero-order valence-electron chi connectivity index (χ0n) is 21.4. The van der Waals surface area contributed by atoms with E-state index in [0.717, 1.165) is 5.56 Å². The number of esters is 1. The molecule has 1 amide bonds. The number of amides is 1. The monoisotopic (exact) mass is 510 g/mol. The largest absolute Gasteiger partial charge is 0.636 e. The molecule has 0 saturated carbocycles. The Bertz CT molecular complexity index is 1080. The second kappa shape index (κ2) is 12.4. The molecule has 10 nitrogen and oxygen atoms in total. The van der Waals surface area contributed by atoms with E-state index in [1.807, 2.05) is 30.3 Å². The first-order chi connectivity index (χ1) is 17.5. The van der Waals surface area contributed by atoms with Gasteiger partial charge in [0, 0.05) is 11.9 Å². The lowest BCUT2D eigenvalue weighted by Crippen LogP contribution is -2.48. The van der Waals surface area contributed by atoms with Gasteiger partial charge in [0.05, 0.1) is 13.1 Å². The van der Waals surface area contributed by atoms with Gasteiger partial charge in [-0.3, -0.25) is 14.5 Å². The number of alkyl carbamates (subject to hydrolysis) is 1. The zero-order chi connectivity index (χ0) is 27.0. The Morgan fingerprint density at radius 1 is 0.973 bits per heavy atom. The highest BCUT2D eigenvalue weighted by atomic mass is 16.6. The molecule has 1 atom stereocenters. The Morgan fingerprint density at radius 2 is 1.57 bits per heavy atom. The summed E-state index contributed by atoms with van der Waals surface area (Å²) in [5, 5.41) is 2.59. The normalized spacial score (nSPS) is 15.5. The molecule has 0 unspecified atom stereocenters. The van der Waals surface area contributed by atoms with Gasteiger partial charge in [-0.1, -0.05) is 54.6 Å². The Morgan fingerprint density at radius 3 is 2.14 bits per heavy atom. The SMILES string of the molecule is CN1CC(=O)OB(c2ccc(C[C@H](NC(=O)OC(C)(C)C)C(=O)OCc3ccccc3)cc2)OC(=O)C1. The minimum Gasteiger partial charge on any atom is -0.494 e. The number of nitrogens with zero attached hydrogens (tertiary/aromatic N) is 1. The van der Waals surface area contributed by atoms with E-state index in [2.05, 4.69) is 5.32 Å². The summed E-state index contributed by atoms with van der Waals surface area (Å²) in [6.07, 6.45) is -0.633. The number of likely N-dealkylation sites (N-methyl/N-ethyl adjacent to an activating group) is 1. The summed E-state index contributed by atoms with van der Waals surface area (Å²) in [4.78, 5) is 50.9. The lowest BCUT2D eigenvalue weighted by molar-refractivity contribution is -0.148. The van der Waals surface area contributed by atoms with Gasteiger partial charge >= 0.3 is 31.1 Å². The molecule has 37 heavy (non-hydrogen) atoms. The lowest BCUT2D eigenvalue weighted by atomic mass is 9.78. The number of rotatable bonds is 7. The van der Waals surface area contributed by atoms with Crippen LogP contribution in [0.2, 0.25) is 0 Å². The average Bonchev–Trinajstić information content (AvgIpc) is 2.80. The third-order valence-corrected chi connectivity index (χ3v) is 5.17. The first kappa shape index (κ1) is 27.7. The molecular weight excluding hydrogens is 479 g/mol. The Labute approximate surface area is 216 Å². The molecule has 1 fully saturated rings. The van der Waals surface area contributed by atoms with Gasteiger partial charge in [-0.25, -0.2) is 9.59 Å². The van der Waals surface area contributed by atoms with Crippen LogP contribution < -0.4 is 10.8 Å². The standard InChI is InChI=1S/C26H31BN2O8/c1-26(2,3)35-25(33)28-21(24(32)34-17-19-8-6-5-7-9-19)14-18-10-12-20(13-11-18)27-36-22(30)15-29(4)16-23(31)37-27/h5-13,21H,14-17H2,1-4H3,(H,28,33)/t21-/m0/s1. The smallest absolute Gasteiger partial charge is 0.494 e. The van der Waals surface area contributed by atoms with E-state index >= 15 is 0 Å². The van der Waals surface area contributed by atoms with Crippen LogP contribution in [0.1, 0.15) is 31.9 Å². The Balaban J connectivity index is 1.70. The maximum Gasteiger partial charge on any atom is 0.636 e. The van der Waals surface area contributed by atoms with Crippen LogP contribution in [0.5, 0.6) is 0 Å². The van der Waals surface area contributed by atoms with E-state index in [1.165, 1.54) is 4.90 Å². The molecule has 11 heteroatoms. The lowest BCUT2D eigenvalue weighted by Gasteiger charge is -2.23. The first-order valence-corrected chi connectivity index (χ1v) is 11.8. The molecule has 1 saturated heterocycles. The molecule has 3 rings (SSSR count). The van der Waals surface area contributed by atoms with Crippen LogP contribution in [0.15, 0.2) is 54.6 Å². The number of hydrogen-bond donors (Lipinski definition) is 1. The summed E-state index contributed by atoms with van der Waals surface area (Å²) >= 11 is 0. The highest BCUT2D eigenvalue weighted by molar-refractivity contribution is 6.64. The van der Waals surface area contributed by atoms with Crippen LogP contribution in [0.3, 0.4) is 0 Å². The van der Waals surface area contributed by atoms with Crippen molar-refractivity contribution < 1.29 is 38.0 Å². The highest BCUT2D eigenvalue weighted by Gasteiger charge is 2.34. The molecule has 0 spiro atoms. The van der Waals surface area contributed by atoms with E-state index < -0.39 is 42.8 Å². The number of benzene rings is 2. The number of nitrogens with one attached hydrogen (secondary N) is 1. The number of hydrogen-bond acceptors (Lipinski definition) is 9. The van der Waals surface area contributed by atoms with E-state index in [0.29, 0.717) is 11.0 Å². The van der Waals surface area contributed by atoms with Crippen LogP contribution in [0, 0.1) is 0 Å². The van der Waals surface area contributed by atoms with Crippen molar-refractivity contribution in [1.29, 1.82) is 0 Å². The van der Waals surface area contributed by atoms with Gasteiger partial charge in [0.2, 0.25) is 0 Å². The molecule has 1 heterocycles.